The Morgan fingerprint density at radius 1 is 1.00 bits per heavy atom. The maximum atomic E-state index is 12.7. The number of methoxy groups -OCH3 is 2. The summed E-state index contributed by atoms with van der Waals surface area (Å²) in [6.07, 6.45) is 2.20. The van der Waals surface area contributed by atoms with Gasteiger partial charge in [0.1, 0.15) is 12.4 Å². The van der Waals surface area contributed by atoms with Gasteiger partial charge in [-0.3, -0.25) is 4.79 Å². The van der Waals surface area contributed by atoms with Gasteiger partial charge in [-0.2, -0.15) is 5.10 Å². The van der Waals surface area contributed by atoms with E-state index in [1.54, 1.807) is 32.6 Å². The predicted octanol–water partition coefficient (Wildman–Crippen LogP) is 3.79. The summed E-state index contributed by atoms with van der Waals surface area (Å²) >= 11 is 0. The van der Waals surface area contributed by atoms with Crippen LogP contribution in [0.1, 0.15) is 17.0 Å². The first-order valence-corrected chi connectivity index (χ1v) is 10.2. The van der Waals surface area contributed by atoms with Crippen molar-refractivity contribution in [3.8, 4) is 11.5 Å². The van der Waals surface area contributed by atoms with Gasteiger partial charge in [-0.25, -0.2) is 10.4 Å². The number of amides is 1. The molecule has 7 heteroatoms. The number of ether oxygens (including phenoxy) is 2. The number of nitrogens with zero attached hydrogens (tertiary/aromatic N) is 3. The summed E-state index contributed by atoms with van der Waals surface area (Å²) in [5.74, 6) is 1.82. The van der Waals surface area contributed by atoms with Gasteiger partial charge in [0.05, 0.1) is 31.5 Å². The summed E-state index contributed by atoms with van der Waals surface area (Å²) < 4.78 is 12.5. The Labute approximate surface area is 186 Å². The SMILES string of the molecule is COc1ccc(C=NNC(=O)Cn2c(Cc3ccccc3)nc3ccccc32)cc1OC. The van der Waals surface area contributed by atoms with Gasteiger partial charge in [0.25, 0.3) is 5.91 Å². The minimum atomic E-state index is -0.237. The molecule has 0 radical (unpaired) electrons. The molecule has 0 spiro atoms. The number of hydrazone groups is 1. The molecule has 4 rings (SSSR count). The molecule has 0 atom stereocenters. The number of aromatic nitrogens is 2. The highest BCUT2D eigenvalue weighted by molar-refractivity contribution is 5.84. The van der Waals surface area contributed by atoms with E-state index in [0.29, 0.717) is 17.9 Å². The smallest absolute Gasteiger partial charge is 0.260 e. The summed E-state index contributed by atoms with van der Waals surface area (Å²) in [6.45, 7) is 0.117. The van der Waals surface area contributed by atoms with E-state index in [2.05, 4.69) is 22.7 Å². The van der Waals surface area contributed by atoms with E-state index >= 15 is 0 Å². The van der Waals surface area contributed by atoms with Crippen molar-refractivity contribution in [1.29, 1.82) is 0 Å². The molecule has 7 nitrogen and oxygen atoms in total. The van der Waals surface area contributed by atoms with Crippen LogP contribution in [0.2, 0.25) is 0 Å². The van der Waals surface area contributed by atoms with Crippen molar-refractivity contribution in [2.45, 2.75) is 13.0 Å². The maximum Gasteiger partial charge on any atom is 0.260 e. The fourth-order valence-electron chi connectivity index (χ4n) is 3.51. The van der Waals surface area contributed by atoms with Gasteiger partial charge in [0, 0.05) is 6.42 Å². The Kier molecular flexibility index (Phi) is 6.46. The lowest BCUT2D eigenvalue weighted by atomic mass is 10.1. The first-order valence-electron chi connectivity index (χ1n) is 10.2. The highest BCUT2D eigenvalue weighted by Gasteiger charge is 2.14. The number of hydrogen-bond donors (Lipinski definition) is 1. The first-order chi connectivity index (χ1) is 15.7. The fraction of sp³-hybridized carbons (Fsp3) is 0.160. The minimum Gasteiger partial charge on any atom is -0.493 e. The van der Waals surface area contributed by atoms with Crippen molar-refractivity contribution in [2.24, 2.45) is 5.10 Å². The van der Waals surface area contributed by atoms with Crippen LogP contribution in [0.15, 0.2) is 77.9 Å². The Morgan fingerprint density at radius 2 is 1.75 bits per heavy atom. The van der Waals surface area contributed by atoms with Crippen LogP contribution in [0, 0.1) is 0 Å². The Bertz CT molecular complexity index is 1250. The monoisotopic (exact) mass is 428 g/mol. The van der Waals surface area contributed by atoms with E-state index in [4.69, 9.17) is 14.5 Å². The molecule has 0 saturated carbocycles. The third kappa shape index (κ3) is 4.78. The minimum absolute atomic E-state index is 0.117. The van der Waals surface area contributed by atoms with Crippen molar-refractivity contribution >= 4 is 23.2 Å². The number of hydrogen-bond acceptors (Lipinski definition) is 5. The second kappa shape index (κ2) is 9.78. The average Bonchev–Trinajstić information content (AvgIpc) is 3.16. The van der Waals surface area contributed by atoms with Crippen molar-refractivity contribution in [2.75, 3.05) is 14.2 Å². The van der Waals surface area contributed by atoms with Gasteiger partial charge >= 0.3 is 0 Å². The number of imidazole rings is 1. The molecule has 0 saturated heterocycles. The Morgan fingerprint density at radius 3 is 2.53 bits per heavy atom. The molecular weight excluding hydrogens is 404 g/mol. The van der Waals surface area contributed by atoms with Gasteiger partial charge < -0.3 is 14.0 Å². The quantitative estimate of drug-likeness (QED) is 0.342. The topological polar surface area (TPSA) is 77.7 Å². The number of rotatable bonds is 8. The van der Waals surface area contributed by atoms with E-state index in [0.717, 1.165) is 28.0 Å². The summed E-state index contributed by atoms with van der Waals surface area (Å²) in [7, 11) is 3.15. The first kappa shape index (κ1) is 21.1. The van der Waals surface area contributed by atoms with Crippen LogP contribution >= 0.6 is 0 Å². The van der Waals surface area contributed by atoms with Gasteiger partial charge in [-0.15, -0.1) is 0 Å². The highest BCUT2D eigenvalue weighted by Crippen LogP contribution is 2.26. The van der Waals surface area contributed by atoms with E-state index in [1.807, 2.05) is 53.1 Å². The number of carbonyl (C=O) groups is 1. The molecule has 0 bridgehead atoms. The van der Waals surface area contributed by atoms with E-state index < -0.39 is 0 Å². The molecule has 1 aromatic heterocycles. The zero-order chi connectivity index (χ0) is 22.3. The van der Waals surface area contributed by atoms with E-state index in [9.17, 15) is 4.79 Å². The van der Waals surface area contributed by atoms with Crippen molar-refractivity contribution in [3.63, 3.8) is 0 Å². The molecule has 0 aliphatic rings. The number of benzene rings is 3. The van der Waals surface area contributed by atoms with Crippen LogP contribution in [0.4, 0.5) is 0 Å². The van der Waals surface area contributed by atoms with Crippen LogP contribution < -0.4 is 14.9 Å². The largest absolute Gasteiger partial charge is 0.493 e. The molecule has 0 aliphatic heterocycles. The lowest BCUT2D eigenvalue weighted by Crippen LogP contribution is -2.24. The summed E-state index contributed by atoms with van der Waals surface area (Å²) in [6, 6.07) is 23.3. The van der Waals surface area contributed by atoms with Gasteiger partial charge in [-0.05, 0) is 41.5 Å². The van der Waals surface area contributed by atoms with Gasteiger partial charge in [-0.1, -0.05) is 42.5 Å². The molecular formula is C25H24N4O3. The molecule has 32 heavy (non-hydrogen) atoms. The van der Waals surface area contributed by atoms with E-state index in [1.165, 1.54) is 0 Å². The zero-order valence-corrected chi connectivity index (χ0v) is 18.0. The second-order valence-corrected chi connectivity index (χ2v) is 7.17. The number of carbonyl (C=O) groups excluding carboxylic acids is 1. The molecule has 0 fully saturated rings. The van der Waals surface area contributed by atoms with Crippen molar-refractivity contribution in [3.05, 3.63) is 89.7 Å². The van der Waals surface area contributed by atoms with Crippen LogP contribution in [0.5, 0.6) is 11.5 Å². The molecule has 1 amide bonds. The molecule has 162 valence electrons. The van der Waals surface area contributed by atoms with Gasteiger partial charge in [0.2, 0.25) is 0 Å². The second-order valence-electron chi connectivity index (χ2n) is 7.17. The molecule has 4 aromatic rings. The Hall–Kier alpha value is -4.13. The lowest BCUT2D eigenvalue weighted by molar-refractivity contribution is -0.121. The lowest BCUT2D eigenvalue weighted by Gasteiger charge is -2.09. The van der Waals surface area contributed by atoms with Crippen LogP contribution in [-0.4, -0.2) is 35.9 Å². The summed E-state index contributed by atoms with van der Waals surface area (Å²) in [4.78, 5) is 17.4. The van der Waals surface area contributed by atoms with Crippen LogP contribution in [-0.2, 0) is 17.8 Å². The maximum absolute atomic E-state index is 12.7. The third-order valence-electron chi connectivity index (χ3n) is 5.05. The summed E-state index contributed by atoms with van der Waals surface area (Å²) in [5, 5.41) is 4.09. The van der Waals surface area contributed by atoms with Crippen LogP contribution in [0.25, 0.3) is 11.0 Å². The third-order valence-corrected chi connectivity index (χ3v) is 5.05. The highest BCUT2D eigenvalue weighted by atomic mass is 16.5. The van der Waals surface area contributed by atoms with Gasteiger partial charge in [0.15, 0.2) is 11.5 Å². The summed E-state index contributed by atoms with van der Waals surface area (Å²) in [5.41, 5.74) is 6.29. The molecule has 1 heterocycles. The number of fused-ring (bicyclic) bond motifs is 1. The normalized spacial score (nSPS) is 11.1. The molecule has 3 aromatic carbocycles. The molecule has 1 N–H and O–H groups in total. The standard InChI is InChI=1S/C25H24N4O3/c1-31-22-13-12-19(14-23(22)32-2)16-26-28-25(30)17-29-21-11-7-6-10-20(21)27-24(29)15-18-8-4-3-5-9-18/h3-14,16H,15,17H2,1-2H3,(H,28,30). The van der Waals surface area contributed by atoms with Crippen LogP contribution in [0.3, 0.4) is 0 Å². The predicted molar refractivity (Wildman–Crippen MR) is 124 cm³/mol. The molecule has 0 unspecified atom stereocenters. The Balaban J connectivity index is 1.50. The number of nitrogens with one attached hydrogen (secondary N) is 1. The van der Waals surface area contributed by atoms with E-state index in [-0.39, 0.29) is 12.5 Å². The average molecular weight is 428 g/mol. The fourth-order valence-corrected chi connectivity index (χ4v) is 3.51. The van der Waals surface area contributed by atoms with Crippen molar-refractivity contribution in [1.82, 2.24) is 15.0 Å². The molecule has 0 aliphatic carbocycles. The van der Waals surface area contributed by atoms with Crippen molar-refractivity contribution < 1.29 is 14.3 Å². The number of para-hydroxylation sites is 2. The zero-order valence-electron chi connectivity index (χ0n) is 18.0.